The molecule has 118 valence electrons. The molecular formula is C16H33N3O. The summed E-state index contributed by atoms with van der Waals surface area (Å²) < 4.78 is 5.38. The summed E-state index contributed by atoms with van der Waals surface area (Å²) in [5.41, 5.74) is 0. The molecule has 0 aromatic rings. The molecule has 2 aliphatic rings. The lowest BCUT2D eigenvalue weighted by Crippen LogP contribution is -2.45. The highest BCUT2D eigenvalue weighted by atomic mass is 16.5. The van der Waals surface area contributed by atoms with Gasteiger partial charge in [0.2, 0.25) is 0 Å². The molecular weight excluding hydrogens is 250 g/mol. The minimum absolute atomic E-state index is 0.661. The summed E-state index contributed by atoms with van der Waals surface area (Å²) in [6.45, 7) is 14.9. The second-order valence-corrected chi connectivity index (χ2v) is 6.35. The summed E-state index contributed by atoms with van der Waals surface area (Å²) in [6.07, 6.45) is 4.03. The first-order chi connectivity index (χ1) is 9.79. The number of likely N-dealkylation sites (tertiary alicyclic amines) is 1. The second kappa shape index (κ2) is 8.98. The zero-order valence-electron chi connectivity index (χ0n) is 13.4. The van der Waals surface area contributed by atoms with Crippen LogP contribution in [0.2, 0.25) is 0 Å². The van der Waals surface area contributed by atoms with Gasteiger partial charge in [0.05, 0.1) is 13.2 Å². The number of hydrogen-bond acceptors (Lipinski definition) is 4. The molecule has 2 rings (SSSR count). The fourth-order valence-corrected chi connectivity index (χ4v) is 3.41. The maximum Gasteiger partial charge on any atom is 0.0594 e. The Morgan fingerprint density at radius 1 is 1.20 bits per heavy atom. The number of ether oxygens (including phenoxy) is 1. The number of hydrogen-bond donors (Lipinski definition) is 1. The van der Waals surface area contributed by atoms with Crippen LogP contribution in [0.1, 0.15) is 33.1 Å². The van der Waals surface area contributed by atoms with Gasteiger partial charge in [0.25, 0.3) is 0 Å². The minimum Gasteiger partial charge on any atom is -0.379 e. The molecule has 4 heteroatoms. The first-order valence-electron chi connectivity index (χ1n) is 8.55. The van der Waals surface area contributed by atoms with Crippen LogP contribution in [-0.2, 0) is 4.74 Å². The molecule has 2 aliphatic heterocycles. The Bertz CT molecular complexity index is 256. The zero-order valence-corrected chi connectivity index (χ0v) is 13.4. The van der Waals surface area contributed by atoms with Crippen LogP contribution in [0.25, 0.3) is 0 Å². The molecule has 0 aromatic carbocycles. The van der Waals surface area contributed by atoms with Crippen molar-refractivity contribution in [3.05, 3.63) is 0 Å². The third-order valence-electron chi connectivity index (χ3n) is 4.92. The Morgan fingerprint density at radius 2 is 2.00 bits per heavy atom. The van der Waals surface area contributed by atoms with Gasteiger partial charge in [-0.05, 0) is 58.3 Å². The van der Waals surface area contributed by atoms with Crippen molar-refractivity contribution >= 4 is 0 Å². The SMILES string of the molecule is CCN1CCCC(C(C)NCCCN2CCOCC2)C1. The molecule has 2 atom stereocenters. The Morgan fingerprint density at radius 3 is 2.75 bits per heavy atom. The van der Waals surface area contributed by atoms with Gasteiger partial charge in [-0.1, -0.05) is 6.92 Å². The summed E-state index contributed by atoms with van der Waals surface area (Å²) >= 11 is 0. The largest absolute Gasteiger partial charge is 0.379 e. The molecule has 0 bridgehead atoms. The highest BCUT2D eigenvalue weighted by Crippen LogP contribution is 2.19. The number of nitrogens with one attached hydrogen (secondary N) is 1. The van der Waals surface area contributed by atoms with Crippen LogP contribution in [0.15, 0.2) is 0 Å². The second-order valence-electron chi connectivity index (χ2n) is 6.35. The molecule has 0 aliphatic carbocycles. The van der Waals surface area contributed by atoms with E-state index in [9.17, 15) is 0 Å². The first kappa shape index (κ1) is 16.2. The summed E-state index contributed by atoms with van der Waals surface area (Å²) in [5.74, 6) is 0.840. The van der Waals surface area contributed by atoms with Gasteiger partial charge in [0.1, 0.15) is 0 Å². The van der Waals surface area contributed by atoms with Crippen molar-refractivity contribution in [2.75, 3.05) is 59.0 Å². The van der Waals surface area contributed by atoms with Crippen LogP contribution in [0.4, 0.5) is 0 Å². The quantitative estimate of drug-likeness (QED) is 0.715. The molecule has 0 aromatic heterocycles. The lowest BCUT2D eigenvalue weighted by atomic mass is 9.91. The van der Waals surface area contributed by atoms with Crippen LogP contribution in [0.5, 0.6) is 0 Å². The van der Waals surface area contributed by atoms with E-state index < -0.39 is 0 Å². The molecule has 20 heavy (non-hydrogen) atoms. The molecule has 4 nitrogen and oxygen atoms in total. The van der Waals surface area contributed by atoms with Gasteiger partial charge in [0.15, 0.2) is 0 Å². The zero-order chi connectivity index (χ0) is 14.2. The van der Waals surface area contributed by atoms with Crippen molar-refractivity contribution in [2.45, 2.75) is 39.2 Å². The topological polar surface area (TPSA) is 27.7 Å². The summed E-state index contributed by atoms with van der Waals surface area (Å²) in [6, 6.07) is 0.661. The fourth-order valence-electron chi connectivity index (χ4n) is 3.41. The van der Waals surface area contributed by atoms with Crippen molar-refractivity contribution in [3.8, 4) is 0 Å². The molecule has 2 heterocycles. The van der Waals surface area contributed by atoms with E-state index in [0.29, 0.717) is 6.04 Å². The highest BCUT2D eigenvalue weighted by Gasteiger charge is 2.23. The normalized spacial score (nSPS) is 27.6. The molecule has 0 saturated carbocycles. The van der Waals surface area contributed by atoms with E-state index in [1.54, 1.807) is 0 Å². The standard InChI is InChI=1S/C16H33N3O/c1-3-18-8-4-6-16(14-18)15(2)17-7-5-9-19-10-12-20-13-11-19/h15-17H,3-14H2,1-2H3. The van der Waals surface area contributed by atoms with Crippen molar-refractivity contribution in [1.29, 1.82) is 0 Å². The molecule has 0 spiro atoms. The summed E-state index contributed by atoms with van der Waals surface area (Å²) in [7, 11) is 0. The number of nitrogens with zero attached hydrogens (tertiary/aromatic N) is 2. The van der Waals surface area contributed by atoms with Crippen LogP contribution < -0.4 is 5.32 Å². The molecule has 2 saturated heterocycles. The van der Waals surface area contributed by atoms with Crippen LogP contribution in [0.3, 0.4) is 0 Å². The van der Waals surface area contributed by atoms with Crippen LogP contribution in [0, 0.1) is 5.92 Å². The average molecular weight is 283 g/mol. The molecule has 2 fully saturated rings. The van der Waals surface area contributed by atoms with Gasteiger partial charge >= 0.3 is 0 Å². The van der Waals surface area contributed by atoms with E-state index in [4.69, 9.17) is 4.74 Å². The molecule has 0 amide bonds. The van der Waals surface area contributed by atoms with Gasteiger partial charge in [-0.25, -0.2) is 0 Å². The van der Waals surface area contributed by atoms with Crippen molar-refractivity contribution in [3.63, 3.8) is 0 Å². The highest BCUT2D eigenvalue weighted by molar-refractivity contribution is 4.80. The average Bonchev–Trinajstić information content (AvgIpc) is 2.52. The molecule has 1 N–H and O–H groups in total. The van der Waals surface area contributed by atoms with Gasteiger partial charge in [0, 0.05) is 25.7 Å². The number of morpholine rings is 1. The lowest BCUT2D eigenvalue weighted by molar-refractivity contribution is 0.0372. The van der Waals surface area contributed by atoms with E-state index in [-0.39, 0.29) is 0 Å². The van der Waals surface area contributed by atoms with Gasteiger partial charge in [-0.2, -0.15) is 0 Å². The van der Waals surface area contributed by atoms with Gasteiger partial charge < -0.3 is 15.0 Å². The van der Waals surface area contributed by atoms with Gasteiger partial charge in [-0.3, -0.25) is 4.90 Å². The predicted molar refractivity (Wildman–Crippen MR) is 84.2 cm³/mol. The maximum absolute atomic E-state index is 5.38. The Labute approximate surface area is 124 Å². The van der Waals surface area contributed by atoms with Crippen molar-refractivity contribution in [1.82, 2.24) is 15.1 Å². The Kier molecular flexibility index (Phi) is 7.28. The van der Waals surface area contributed by atoms with Crippen LogP contribution >= 0.6 is 0 Å². The van der Waals surface area contributed by atoms with E-state index >= 15 is 0 Å². The van der Waals surface area contributed by atoms with E-state index in [1.807, 2.05) is 0 Å². The fraction of sp³-hybridized carbons (Fsp3) is 1.00. The molecule has 2 unspecified atom stereocenters. The van der Waals surface area contributed by atoms with E-state index in [0.717, 1.165) is 38.8 Å². The Hall–Kier alpha value is -0.160. The van der Waals surface area contributed by atoms with Gasteiger partial charge in [-0.15, -0.1) is 0 Å². The summed E-state index contributed by atoms with van der Waals surface area (Å²) in [5, 5.41) is 3.75. The lowest BCUT2D eigenvalue weighted by Gasteiger charge is -2.35. The smallest absolute Gasteiger partial charge is 0.0594 e. The monoisotopic (exact) mass is 283 g/mol. The van der Waals surface area contributed by atoms with Crippen LogP contribution in [-0.4, -0.2) is 74.9 Å². The Balaban J connectivity index is 1.56. The third-order valence-corrected chi connectivity index (χ3v) is 4.92. The number of piperidine rings is 1. The maximum atomic E-state index is 5.38. The van der Waals surface area contributed by atoms with E-state index in [1.165, 1.54) is 45.4 Å². The first-order valence-corrected chi connectivity index (χ1v) is 8.55. The molecule has 0 radical (unpaired) electrons. The third kappa shape index (κ3) is 5.32. The van der Waals surface area contributed by atoms with E-state index in [2.05, 4.69) is 29.0 Å². The minimum atomic E-state index is 0.661. The summed E-state index contributed by atoms with van der Waals surface area (Å²) in [4.78, 5) is 5.12. The van der Waals surface area contributed by atoms with Crippen molar-refractivity contribution in [2.24, 2.45) is 5.92 Å². The predicted octanol–water partition coefficient (Wildman–Crippen LogP) is 1.42. The number of rotatable bonds is 7. The van der Waals surface area contributed by atoms with Crippen molar-refractivity contribution < 1.29 is 4.74 Å².